The number of halogens is 2. The number of carbonyl (C=O) groups is 1. The highest BCUT2D eigenvalue weighted by molar-refractivity contribution is 9.11. The van der Waals surface area contributed by atoms with E-state index in [2.05, 4.69) is 115 Å². The molecule has 2 atom stereocenters. The minimum atomic E-state index is -0.232. The van der Waals surface area contributed by atoms with Crippen LogP contribution in [0.5, 0.6) is 5.75 Å². The van der Waals surface area contributed by atoms with E-state index in [1.165, 1.54) is 39.7 Å². The Labute approximate surface area is 266 Å². The van der Waals surface area contributed by atoms with E-state index in [0.717, 1.165) is 36.1 Å². The van der Waals surface area contributed by atoms with Crippen LogP contribution in [-0.4, -0.2) is 29.3 Å². The summed E-state index contributed by atoms with van der Waals surface area (Å²) in [7, 11) is 0. The molecule has 0 unspecified atom stereocenters. The third-order valence-corrected chi connectivity index (χ3v) is 10.2. The molecule has 8 heteroatoms. The number of phenols is 1. The molecule has 0 bridgehead atoms. The van der Waals surface area contributed by atoms with E-state index >= 15 is 0 Å². The van der Waals surface area contributed by atoms with Crippen molar-refractivity contribution in [3.8, 4) is 5.75 Å². The highest BCUT2D eigenvalue weighted by Gasteiger charge is 2.35. The van der Waals surface area contributed by atoms with Gasteiger partial charge in [0.15, 0.2) is 5.17 Å². The first-order chi connectivity index (χ1) is 20.4. The molecule has 3 heterocycles. The van der Waals surface area contributed by atoms with Crippen LogP contribution >= 0.6 is 43.6 Å². The van der Waals surface area contributed by atoms with Crippen molar-refractivity contribution < 1.29 is 9.90 Å². The van der Waals surface area contributed by atoms with Gasteiger partial charge in [0.25, 0.3) is 5.91 Å². The number of anilines is 1. The highest BCUT2D eigenvalue weighted by atomic mass is 79.9. The summed E-state index contributed by atoms with van der Waals surface area (Å²) in [5, 5.41) is 14.0. The van der Waals surface area contributed by atoms with Crippen molar-refractivity contribution in [2.45, 2.75) is 24.7 Å². The zero-order valence-electron chi connectivity index (χ0n) is 22.6. The lowest BCUT2D eigenvalue weighted by Crippen LogP contribution is -2.37. The number of carbonyl (C=O) groups excluding carboxylic acids is 1. The smallest absolute Gasteiger partial charge is 0.264 e. The number of nitrogens with zero attached hydrogens (tertiary/aromatic N) is 2. The Balaban J connectivity index is 1.31. The topological polar surface area (TPSA) is 64.9 Å². The number of nitrogens with one attached hydrogen (secondary N) is 1. The second-order valence-corrected chi connectivity index (χ2v) is 13.6. The van der Waals surface area contributed by atoms with Crippen molar-refractivity contribution in [1.29, 1.82) is 0 Å². The number of phenolic OH excluding ortho intramolecular Hbond substituents is 1. The number of hydrogen-bond acceptors (Lipinski definition) is 5. The lowest BCUT2D eigenvalue weighted by molar-refractivity contribution is -0.115. The monoisotopic (exact) mass is 699 g/mol. The van der Waals surface area contributed by atoms with Gasteiger partial charge in [-0.25, -0.2) is 4.99 Å². The third-order valence-electron chi connectivity index (χ3n) is 8.23. The van der Waals surface area contributed by atoms with Gasteiger partial charge in [-0.2, -0.15) is 0 Å². The van der Waals surface area contributed by atoms with E-state index in [1.807, 2.05) is 0 Å². The summed E-state index contributed by atoms with van der Waals surface area (Å²) < 4.78 is 1.35. The molecule has 1 amide bonds. The Morgan fingerprint density at radius 1 is 0.881 bits per heavy atom. The Kier molecular flexibility index (Phi) is 7.46. The van der Waals surface area contributed by atoms with Crippen LogP contribution in [0.15, 0.2) is 104 Å². The minimum absolute atomic E-state index is 0.0849. The number of amidine groups is 1. The largest absolute Gasteiger partial charge is 0.506 e. The molecule has 42 heavy (non-hydrogen) atoms. The summed E-state index contributed by atoms with van der Waals surface area (Å²) in [6.45, 7) is 2.07. The van der Waals surface area contributed by atoms with Crippen LogP contribution in [0.1, 0.15) is 52.5 Å². The zero-order valence-corrected chi connectivity index (χ0v) is 26.5. The maximum atomic E-state index is 12.9. The first-order valence-electron chi connectivity index (χ1n) is 13.9. The van der Waals surface area contributed by atoms with Crippen LogP contribution in [0.2, 0.25) is 0 Å². The van der Waals surface area contributed by atoms with Crippen LogP contribution in [0.25, 0.3) is 6.08 Å². The molecule has 210 valence electrons. The minimum Gasteiger partial charge on any atom is -0.506 e. The summed E-state index contributed by atoms with van der Waals surface area (Å²) in [6, 6.07) is 29.5. The van der Waals surface area contributed by atoms with Crippen molar-refractivity contribution in [3.63, 3.8) is 0 Å². The Morgan fingerprint density at radius 3 is 2.07 bits per heavy atom. The molecule has 0 aliphatic carbocycles. The van der Waals surface area contributed by atoms with E-state index in [9.17, 15) is 9.90 Å². The number of aliphatic imine (C=N–C) groups is 1. The molecule has 5 nitrogen and oxygen atoms in total. The van der Waals surface area contributed by atoms with E-state index in [4.69, 9.17) is 4.99 Å². The third kappa shape index (κ3) is 5.21. The molecule has 0 spiro atoms. The molecule has 1 fully saturated rings. The predicted octanol–water partition coefficient (Wildman–Crippen LogP) is 8.69. The molecular formula is C34H27Br2N3O2S. The van der Waals surface area contributed by atoms with Gasteiger partial charge in [-0.3, -0.25) is 4.79 Å². The molecule has 2 N–H and O–H groups in total. The van der Waals surface area contributed by atoms with Gasteiger partial charge < -0.3 is 15.3 Å². The Morgan fingerprint density at radius 2 is 1.48 bits per heavy atom. The molecular weight excluding hydrogens is 674 g/mol. The second-order valence-electron chi connectivity index (χ2n) is 10.8. The maximum Gasteiger partial charge on any atom is 0.264 e. The van der Waals surface area contributed by atoms with E-state index < -0.39 is 0 Å². The summed E-state index contributed by atoms with van der Waals surface area (Å²) in [6.07, 6.45) is 3.80. The fourth-order valence-corrected chi connectivity index (χ4v) is 8.43. The van der Waals surface area contributed by atoms with Gasteiger partial charge >= 0.3 is 0 Å². The van der Waals surface area contributed by atoms with Gasteiger partial charge in [-0.1, -0.05) is 76.6 Å². The Bertz CT molecular complexity index is 1690. The number of amides is 1. The van der Waals surface area contributed by atoms with Crippen molar-refractivity contribution in [3.05, 3.63) is 127 Å². The fraction of sp³-hybridized carbons (Fsp3) is 0.176. The molecule has 3 aliphatic heterocycles. The fourth-order valence-electron chi connectivity index (χ4n) is 6.34. The summed E-state index contributed by atoms with van der Waals surface area (Å²) >= 11 is 8.12. The lowest BCUT2D eigenvalue weighted by Gasteiger charge is -2.43. The summed E-state index contributed by atoms with van der Waals surface area (Å²) in [5.74, 6) is 0.418. The van der Waals surface area contributed by atoms with Crippen molar-refractivity contribution in [2.75, 3.05) is 18.0 Å². The van der Waals surface area contributed by atoms with E-state index in [1.54, 1.807) is 18.2 Å². The average Bonchev–Trinajstić information content (AvgIpc) is 3.34. The first kappa shape index (κ1) is 27.5. The van der Waals surface area contributed by atoms with Crippen LogP contribution in [0.3, 0.4) is 0 Å². The van der Waals surface area contributed by atoms with Crippen LogP contribution in [0, 0.1) is 0 Å². The highest BCUT2D eigenvalue weighted by Crippen LogP contribution is 2.50. The molecule has 3 aliphatic rings. The van der Waals surface area contributed by atoms with Gasteiger partial charge in [-0.15, -0.1) is 0 Å². The van der Waals surface area contributed by atoms with Crippen molar-refractivity contribution in [1.82, 2.24) is 5.32 Å². The van der Waals surface area contributed by atoms with Gasteiger partial charge in [0, 0.05) is 40.6 Å². The van der Waals surface area contributed by atoms with Crippen LogP contribution in [0.4, 0.5) is 11.4 Å². The molecule has 0 saturated carbocycles. The lowest BCUT2D eigenvalue weighted by atomic mass is 9.76. The number of aromatic hydroxyl groups is 1. The molecule has 7 rings (SSSR count). The van der Waals surface area contributed by atoms with Gasteiger partial charge in [0.1, 0.15) is 5.75 Å². The van der Waals surface area contributed by atoms with Crippen LogP contribution in [-0.2, 0) is 4.79 Å². The zero-order chi connectivity index (χ0) is 28.8. The van der Waals surface area contributed by atoms with E-state index in [-0.39, 0.29) is 23.5 Å². The summed E-state index contributed by atoms with van der Waals surface area (Å²) in [5.41, 5.74) is 7.98. The van der Waals surface area contributed by atoms with Gasteiger partial charge in [0.2, 0.25) is 0 Å². The Hall–Kier alpha value is -3.33. The number of rotatable bonds is 4. The molecule has 4 aromatic rings. The maximum absolute atomic E-state index is 12.9. The number of hydrogen-bond donors (Lipinski definition) is 2. The SMILES string of the molecule is O=C1NC(=Nc2cc3c4c(c2)[C@H](c2ccccc2)CCN4CC[C@H]3c2ccccc2)S/C1=C\c1cc(Br)cc(Br)c1O. The van der Waals surface area contributed by atoms with Crippen molar-refractivity contribution in [2.24, 2.45) is 4.99 Å². The first-order valence-corrected chi connectivity index (χ1v) is 16.3. The van der Waals surface area contributed by atoms with Crippen LogP contribution < -0.4 is 10.2 Å². The standard InChI is InChI=1S/C34H27Br2N3O2S/c35-23-15-22(32(40)29(36)17-23)16-30-33(41)38-34(42-30)37-24-18-27-25(20-7-3-1-4-8-20)11-13-39-14-12-26(28(19-24)31(27)39)21-9-5-2-6-10-21/h1-10,15-19,25-26,40H,11-14H2,(H,37,38,41)/b30-16-/t25-,26-/m0/s1. The molecule has 1 saturated heterocycles. The van der Waals surface area contributed by atoms with E-state index in [0.29, 0.717) is 20.1 Å². The molecule has 0 radical (unpaired) electrons. The van der Waals surface area contributed by atoms with Crippen molar-refractivity contribution >= 4 is 72.1 Å². The average molecular weight is 701 g/mol. The predicted molar refractivity (Wildman–Crippen MR) is 179 cm³/mol. The normalized spacial score (nSPS) is 21.5. The quantitative estimate of drug-likeness (QED) is 0.209. The number of thioether (sulfide) groups is 1. The number of benzene rings is 4. The second kappa shape index (κ2) is 11.4. The summed E-state index contributed by atoms with van der Waals surface area (Å²) in [4.78, 5) is 21.0. The molecule has 4 aromatic carbocycles. The van der Waals surface area contributed by atoms with Gasteiger partial charge in [0.05, 0.1) is 15.1 Å². The van der Waals surface area contributed by atoms with Gasteiger partial charge in [-0.05, 0) is 93.1 Å². The molecule has 0 aromatic heterocycles.